The molecule has 0 spiro atoms. The van der Waals surface area contributed by atoms with E-state index in [4.69, 9.17) is 15.7 Å². The minimum absolute atomic E-state index is 0.378. The number of carbonyl (C=O) groups is 2. The van der Waals surface area contributed by atoms with Gasteiger partial charge < -0.3 is 5.73 Å². The summed E-state index contributed by atoms with van der Waals surface area (Å²) in [4.78, 5) is 33.9. The van der Waals surface area contributed by atoms with Gasteiger partial charge in [-0.3, -0.25) is 9.59 Å². The van der Waals surface area contributed by atoms with Crippen LogP contribution in [0.5, 0.6) is 0 Å². The van der Waals surface area contributed by atoms with Gasteiger partial charge in [0.25, 0.3) is 0 Å². The van der Waals surface area contributed by atoms with Gasteiger partial charge in [-0.2, -0.15) is 0 Å². The van der Waals surface area contributed by atoms with Crippen LogP contribution in [0.4, 0.5) is 17.1 Å². The number of nitrogens with zero attached hydrogens (tertiary/aromatic N) is 2. The first-order valence-electron chi connectivity index (χ1n) is 21.6. The predicted molar refractivity (Wildman–Crippen MR) is 285 cm³/mol. The molecule has 7 aromatic rings. The molecule has 0 atom stereocenters. The summed E-state index contributed by atoms with van der Waals surface area (Å²) in [6, 6.07) is 43.3. The fourth-order valence-electron chi connectivity index (χ4n) is 8.41. The third-order valence-electron chi connectivity index (χ3n) is 11.7. The van der Waals surface area contributed by atoms with E-state index >= 15 is 0 Å². The number of hydrogen-bond donors (Lipinski definition) is 1. The predicted octanol–water partition coefficient (Wildman–Crippen LogP) is 16.3. The average molecular weight is 1210 g/mol. The molecule has 0 bridgehead atoms. The summed E-state index contributed by atoms with van der Waals surface area (Å²) in [5.41, 5.74) is 22.3. The Morgan fingerprint density at radius 3 is 0.938 bits per heavy atom. The molecule has 2 aliphatic rings. The van der Waals surface area contributed by atoms with Gasteiger partial charge in [0.2, 0.25) is 11.6 Å². The summed E-state index contributed by atoms with van der Waals surface area (Å²) in [7, 11) is 2.50. The number of nitrogens with two attached hydrogens (primary N) is 1. The van der Waals surface area contributed by atoms with Crippen molar-refractivity contribution in [1.82, 2.24) is 0 Å². The molecule has 344 valence electrons. The summed E-state index contributed by atoms with van der Waals surface area (Å²) in [6.45, 7) is 13.1. The topological polar surface area (TPSA) is 84.9 Å². The van der Waals surface area contributed by atoms with Crippen LogP contribution in [0, 0.1) is 0 Å². The molecule has 0 saturated carbocycles. The summed E-state index contributed by atoms with van der Waals surface area (Å²) >= 11 is 12.0. The Morgan fingerprint density at radius 2 is 0.646 bits per heavy atom. The molecule has 5 nitrogen and oxygen atoms in total. The van der Waals surface area contributed by atoms with Gasteiger partial charge in [-0.25, -0.2) is 9.98 Å². The molecule has 0 aliphatic heterocycles. The van der Waals surface area contributed by atoms with Gasteiger partial charge in [0.1, 0.15) is 0 Å². The van der Waals surface area contributed by atoms with Crippen molar-refractivity contribution in [3.63, 3.8) is 0 Å². The molecule has 0 heterocycles. The third kappa shape index (κ3) is 12.1. The van der Waals surface area contributed by atoms with Crippen LogP contribution >= 0.6 is 56.9 Å². The zero-order chi connectivity index (χ0) is 47.0. The minimum atomic E-state index is -0.378. The van der Waals surface area contributed by atoms with E-state index in [-0.39, 0.29) is 11.6 Å². The van der Waals surface area contributed by atoms with Crippen molar-refractivity contribution in [3.8, 4) is 0 Å². The fraction of sp³-hybridized carbons (Fsp3) is 0.222. The zero-order valence-electron chi connectivity index (χ0n) is 37.3. The fourth-order valence-corrected chi connectivity index (χ4v) is 8.41. The van der Waals surface area contributed by atoms with Crippen molar-refractivity contribution in [2.75, 3.05) is 5.73 Å². The van der Waals surface area contributed by atoms with Crippen LogP contribution in [0.2, 0.25) is 0 Å². The number of nitrogen functional groups attached to an aromatic ring is 1. The van der Waals surface area contributed by atoms with Crippen LogP contribution in [-0.2, 0) is 60.3 Å². The van der Waals surface area contributed by atoms with Crippen LogP contribution in [0.3, 0.4) is 0 Å². The molecule has 0 unspecified atom stereocenters. The number of ketones is 2. The number of carbonyl (C=O) groups excluding carboxylic acids is 2. The van der Waals surface area contributed by atoms with E-state index in [2.05, 4.69) is 189 Å². The molecule has 0 saturated heterocycles. The SMILES string of the molecule is CCc1cccc(CC)c1N.CCc1cccc(CC)c1N=C1C(=Nc2c(CC)cccc2CC)c2cccc3cccc1c23.O=C1C(=O)c2cccc3cccc1c23.[Br][Ni][Br].[Br][Ni][Br]. The maximum absolute atomic E-state index is 11.5. The van der Waals surface area contributed by atoms with E-state index in [1.54, 1.807) is 24.3 Å². The number of halogens is 4. The normalized spacial score (nSPS) is 13.3. The van der Waals surface area contributed by atoms with Gasteiger partial charge in [-0.15, -0.1) is 0 Å². The average Bonchev–Trinajstić information content (AvgIpc) is 3.77. The Balaban J connectivity index is 0.000000208. The first-order chi connectivity index (χ1) is 31.6. The number of anilines is 1. The first kappa shape index (κ1) is 52.4. The molecule has 9 rings (SSSR count). The number of hydrogen-bond acceptors (Lipinski definition) is 5. The summed E-state index contributed by atoms with van der Waals surface area (Å²) < 4.78 is 0. The molecule has 0 amide bonds. The van der Waals surface area contributed by atoms with Crippen LogP contribution in [0.15, 0.2) is 137 Å². The van der Waals surface area contributed by atoms with Gasteiger partial charge in [0.05, 0.1) is 22.8 Å². The van der Waals surface area contributed by atoms with Crippen LogP contribution < -0.4 is 5.73 Å². The molecular formula is C54H53Br4N3Ni2O2. The molecule has 2 aliphatic carbocycles. The first-order valence-corrected chi connectivity index (χ1v) is 31.4. The van der Waals surface area contributed by atoms with E-state index < -0.39 is 0 Å². The van der Waals surface area contributed by atoms with E-state index in [9.17, 15) is 9.59 Å². The second-order valence-electron chi connectivity index (χ2n) is 15.0. The molecule has 11 heteroatoms. The Bertz CT molecular complexity index is 2640. The number of rotatable bonds is 8. The van der Waals surface area contributed by atoms with Gasteiger partial charge in [-0.1, -0.05) is 169 Å². The Morgan fingerprint density at radius 1 is 0.400 bits per heavy atom. The maximum atomic E-state index is 11.5. The summed E-state index contributed by atoms with van der Waals surface area (Å²) in [5, 5.41) is 4.28. The second-order valence-corrected chi connectivity index (χ2v) is 25.0. The van der Waals surface area contributed by atoms with Crippen molar-refractivity contribution in [3.05, 3.63) is 183 Å². The number of benzene rings is 7. The van der Waals surface area contributed by atoms with Crippen LogP contribution in [0.1, 0.15) is 107 Å². The van der Waals surface area contributed by atoms with Gasteiger partial charge >= 0.3 is 78.7 Å². The van der Waals surface area contributed by atoms with Crippen molar-refractivity contribution >= 4 is 118 Å². The standard InChI is InChI=1S/C32H32N2.C12H6O2.C10H15N.4BrH.2Ni/c1-5-21-13-9-14-22(6-2)29(21)33-31-26-19-11-17-25-18-12-20-27(28(25)26)32(31)34-30-23(7-3)15-10-16-24(30)8-4;13-11-8-5-1-3-7-4-2-6-9(10(7)8)12(11)14;1-3-8-6-5-7-9(4-2)10(8)11;;;;;;/h9-20H,5-8H2,1-4H3;1-6H;5-7H,3-4,11H2,1-2H3;4*1H;;/q;;;;;;;2*+2/p-4. The van der Waals surface area contributed by atoms with Crippen molar-refractivity contribution in [1.29, 1.82) is 0 Å². The van der Waals surface area contributed by atoms with Gasteiger partial charge in [0.15, 0.2) is 0 Å². The van der Waals surface area contributed by atoms with Gasteiger partial charge in [0, 0.05) is 38.7 Å². The third-order valence-corrected chi connectivity index (χ3v) is 11.7. The monoisotopic (exact) mass is 1210 g/mol. The molecule has 0 fully saturated rings. The number of aryl methyl sites for hydroxylation is 6. The Labute approximate surface area is 424 Å². The van der Waals surface area contributed by atoms with Crippen molar-refractivity contribution in [2.45, 2.75) is 80.1 Å². The Hall–Kier alpha value is -3.55. The van der Waals surface area contributed by atoms with Crippen molar-refractivity contribution in [2.24, 2.45) is 9.98 Å². The van der Waals surface area contributed by atoms with E-state index in [1.165, 1.54) is 77.1 Å². The molecular weight excluding hydrogens is 1160 g/mol. The molecule has 65 heavy (non-hydrogen) atoms. The quantitative estimate of drug-likeness (QED) is 0.0935. The van der Waals surface area contributed by atoms with E-state index in [0.29, 0.717) is 11.1 Å². The number of aliphatic imine (C=N–C) groups is 2. The van der Waals surface area contributed by atoms with E-state index in [1.807, 2.05) is 12.1 Å². The summed E-state index contributed by atoms with van der Waals surface area (Å²) in [6.07, 6.45) is 5.90. The molecule has 0 aromatic heterocycles. The number of para-hydroxylation sites is 3. The van der Waals surface area contributed by atoms with Crippen LogP contribution in [-0.4, -0.2) is 23.0 Å². The van der Waals surface area contributed by atoms with E-state index in [0.717, 1.165) is 77.8 Å². The van der Waals surface area contributed by atoms with Gasteiger partial charge in [-0.05, 0) is 82.7 Å². The molecule has 0 radical (unpaired) electrons. The second kappa shape index (κ2) is 26.1. The van der Waals surface area contributed by atoms with Crippen LogP contribution in [0.25, 0.3) is 21.5 Å². The van der Waals surface area contributed by atoms with Crippen molar-refractivity contribution < 1.29 is 31.4 Å². The zero-order valence-corrected chi connectivity index (χ0v) is 45.6. The molecule has 2 N–H and O–H groups in total. The number of Topliss-reactive ketones (excluding diaryl/α,β-unsaturated/α-hetero) is 2. The summed E-state index contributed by atoms with van der Waals surface area (Å²) in [5.74, 6) is -0.756. The Kier molecular flexibility index (Phi) is 21.1. The molecule has 7 aromatic carbocycles.